The molecule has 1 saturated carbocycles. The molecule has 3 fully saturated rings. The van der Waals surface area contributed by atoms with Crippen molar-refractivity contribution in [3.05, 3.63) is 66.5 Å². The third-order valence-corrected chi connectivity index (χ3v) is 9.09. The summed E-state index contributed by atoms with van der Waals surface area (Å²) in [6.45, 7) is 6.87. The highest BCUT2D eigenvalue weighted by atomic mass is 16.5. The molecule has 2 saturated heterocycles. The number of amides is 3. The SMILES string of the molecule is CC(C)(Oc1cccc(N2CCC[C@H](C(=O)N(Cc3ccc(-c4cn[nH]c4)cc3)C3CC3)C2)c1)C(=O)N1CCN(C(=O)O)CC1. The fraction of sp³-hybridized carbons (Fsp3) is 0.471. The van der Waals surface area contributed by atoms with Crippen molar-refractivity contribution in [3.8, 4) is 16.9 Å². The van der Waals surface area contributed by atoms with Crippen LogP contribution in [0, 0.1) is 5.92 Å². The fourth-order valence-corrected chi connectivity index (χ4v) is 6.39. The summed E-state index contributed by atoms with van der Waals surface area (Å²) in [6.07, 6.45) is 6.61. The van der Waals surface area contributed by atoms with Crippen LogP contribution in [0.15, 0.2) is 60.9 Å². The van der Waals surface area contributed by atoms with Crippen LogP contribution in [0.2, 0.25) is 0 Å². The predicted octanol–water partition coefficient (Wildman–Crippen LogP) is 4.46. The lowest BCUT2D eigenvalue weighted by Gasteiger charge is -2.38. The molecule has 0 bridgehead atoms. The molecule has 2 N–H and O–H groups in total. The Morgan fingerprint density at radius 2 is 1.71 bits per heavy atom. The normalized spacial score (nSPS) is 18.9. The minimum absolute atomic E-state index is 0.0865. The molecule has 3 amide bonds. The van der Waals surface area contributed by atoms with Crippen LogP contribution in [0.3, 0.4) is 0 Å². The summed E-state index contributed by atoms with van der Waals surface area (Å²) in [7, 11) is 0. The lowest BCUT2D eigenvalue weighted by atomic mass is 9.95. The van der Waals surface area contributed by atoms with Crippen molar-refractivity contribution >= 4 is 23.6 Å². The number of aromatic amines is 1. The van der Waals surface area contributed by atoms with Gasteiger partial charge in [0.25, 0.3) is 5.91 Å². The molecule has 3 aromatic rings. The van der Waals surface area contributed by atoms with Gasteiger partial charge in [-0.15, -0.1) is 0 Å². The summed E-state index contributed by atoms with van der Waals surface area (Å²) in [5.41, 5.74) is 3.11. The Morgan fingerprint density at radius 3 is 2.38 bits per heavy atom. The molecule has 3 heterocycles. The van der Waals surface area contributed by atoms with Crippen molar-refractivity contribution in [1.82, 2.24) is 24.9 Å². The second-order valence-electron chi connectivity index (χ2n) is 12.8. The van der Waals surface area contributed by atoms with Crippen molar-refractivity contribution in [2.24, 2.45) is 5.92 Å². The first-order valence-corrected chi connectivity index (χ1v) is 15.9. The number of ether oxygens (including phenoxy) is 1. The Labute approximate surface area is 263 Å². The van der Waals surface area contributed by atoms with Crippen molar-refractivity contribution in [1.29, 1.82) is 0 Å². The second kappa shape index (κ2) is 12.8. The molecule has 11 nitrogen and oxygen atoms in total. The van der Waals surface area contributed by atoms with Crippen LogP contribution in [0.1, 0.15) is 45.1 Å². The van der Waals surface area contributed by atoms with Gasteiger partial charge < -0.3 is 29.4 Å². The summed E-state index contributed by atoms with van der Waals surface area (Å²) in [5, 5.41) is 16.1. The second-order valence-corrected chi connectivity index (χ2v) is 12.8. The molecule has 2 aliphatic heterocycles. The Morgan fingerprint density at radius 1 is 0.978 bits per heavy atom. The maximum Gasteiger partial charge on any atom is 0.407 e. The maximum absolute atomic E-state index is 13.9. The van der Waals surface area contributed by atoms with Gasteiger partial charge in [0.1, 0.15) is 5.75 Å². The zero-order valence-electron chi connectivity index (χ0n) is 26.0. The highest BCUT2D eigenvalue weighted by molar-refractivity contribution is 5.85. The monoisotopic (exact) mass is 614 g/mol. The molecule has 0 unspecified atom stereocenters. The standard InChI is InChI=1S/C34H42N6O5/c1-34(2,32(42)37-15-17-38(18-16-37)33(43)44)45-30-7-3-6-29(19-30)39-14-4-5-26(23-39)31(41)40(28-12-13-28)22-24-8-10-25(11-9-24)27-20-35-36-21-27/h3,6-11,19-21,26,28H,4-5,12-18,22-23H2,1-2H3,(H,35,36)(H,43,44)/t26-/m0/s1. The summed E-state index contributed by atoms with van der Waals surface area (Å²) in [6, 6.07) is 16.4. The number of rotatable bonds is 9. The van der Waals surface area contributed by atoms with E-state index in [0.717, 1.165) is 54.6 Å². The molecule has 3 aliphatic rings. The number of benzene rings is 2. The molecule has 238 valence electrons. The third kappa shape index (κ3) is 7.08. The van der Waals surface area contributed by atoms with Gasteiger partial charge in [0.15, 0.2) is 5.60 Å². The molecule has 0 radical (unpaired) electrons. The van der Waals surface area contributed by atoms with Crippen molar-refractivity contribution < 1.29 is 24.2 Å². The smallest absolute Gasteiger partial charge is 0.407 e. The first kappa shape index (κ1) is 30.5. The Hall–Kier alpha value is -4.54. The molecule has 1 aromatic heterocycles. The van der Waals surface area contributed by atoms with Gasteiger partial charge in [-0.05, 0) is 62.8 Å². The zero-order chi connectivity index (χ0) is 31.6. The number of anilines is 1. The van der Waals surface area contributed by atoms with Crippen LogP contribution in [0.4, 0.5) is 10.5 Å². The zero-order valence-corrected chi connectivity index (χ0v) is 26.0. The van der Waals surface area contributed by atoms with E-state index < -0.39 is 11.7 Å². The minimum Gasteiger partial charge on any atom is -0.478 e. The van der Waals surface area contributed by atoms with E-state index in [1.807, 2.05) is 30.5 Å². The van der Waals surface area contributed by atoms with Gasteiger partial charge >= 0.3 is 6.09 Å². The van der Waals surface area contributed by atoms with E-state index in [1.54, 1.807) is 24.9 Å². The van der Waals surface area contributed by atoms with Gasteiger partial charge in [-0.25, -0.2) is 4.79 Å². The molecule has 6 rings (SSSR count). The van der Waals surface area contributed by atoms with Gasteiger partial charge in [-0.1, -0.05) is 30.3 Å². The van der Waals surface area contributed by atoms with Crippen LogP contribution in [0.25, 0.3) is 11.1 Å². The van der Waals surface area contributed by atoms with Crippen molar-refractivity contribution in [2.45, 2.75) is 57.7 Å². The quantitative estimate of drug-likeness (QED) is 0.365. The number of piperidine rings is 1. The van der Waals surface area contributed by atoms with E-state index >= 15 is 0 Å². The molecule has 1 atom stereocenters. The van der Waals surface area contributed by atoms with Gasteiger partial charge in [0.05, 0.1) is 12.1 Å². The van der Waals surface area contributed by atoms with Crippen molar-refractivity contribution in [2.75, 3.05) is 44.2 Å². The number of carbonyl (C=O) groups excluding carboxylic acids is 2. The number of piperazine rings is 1. The number of nitrogens with zero attached hydrogens (tertiary/aromatic N) is 5. The third-order valence-electron chi connectivity index (χ3n) is 9.09. The van der Waals surface area contributed by atoms with Gasteiger partial charge in [0, 0.05) is 75.4 Å². The van der Waals surface area contributed by atoms with Crippen LogP contribution in [0.5, 0.6) is 5.75 Å². The highest BCUT2D eigenvalue weighted by Gasteiger charge is 2.38. The van der Waals surface area contributed by atoms with Crippen LogP contribution in [-0.4, -0.2) is 98.8 Å². The molecular formula is C34H42N6O5. The van der Waals surface area contributed by atoms with Gasteiger partial charge in [-0.3, -0.25) is 14.7 Å². The maximum atomic E-state index is 13.9. The van der Waals surface area contributed by atoms with E-state index in [2.05, 4.69) is 44.3 Å². The van der Waals surface area contributed by atoms with Crippen LogP contribution in [-0.2, 0) is 16.1 Å². The summed E-state index contributed by atoms with van der Waals surface area (Å²) < 4.78 is 6.25. The fourth-order valence-electron chi connectivity index (χ4n) is 6.39. The predicted molar refractivity (Wildman–Crippen MR) is 170 cm³/mol. The van der Waals surface area contributed by atoms with E-state index in [9.17, 15) is 19.5 Å². The topological polar surface area (TPSA) is 122 Å². The average Bonchev–Trinajstić information content (AvgIpc) is 3.75. The number of hydrogen-bond donors (Lipinski definition) is 2. The van der Waals surface area contributed by atoms with E-state index in [-0.39, 0.29) is 30.8 Å². The van der Waals surface area contributed by atoms with Crippen LogP contribution >= 0.6 is 0 Å². The number of aromatic nitrogens is 2. The van der Waals surface area contributed by atoms with E-state index in [4.69, 9.17) is 4.74 Å². The first-order valence-electron chi connectivity index (χ1n) is 15.9. The average molecular weight is 615 g/mol. The van der Waals surface area contributed by atoms with E-state index in [1.165, 1.54) is 4.90 Å². The van der Waals surface area contributed by atoms with Gasteiger partial charge in [0.2, 0.25) is 5.91 Å². The molecule has 11 heteroatoms. The lowest BCUT2D eigenvalue weighted by molar-refractivity contribution is -0.147. The minimum atomic E-state index is -1.12. The Kier molecular flexibility index (Phi) is 8.69. The van der Waals surface area contributed by atoms with Crippen molar-refractivity contribution in [3.63, 3.8) is 0 Å². The number of H-pyrrole nitrogens is 1. The summed E-state index contributed by atoms with van der Waals surface area (Å²) in [5.74, 6) is 0.555. The number of carboxylic acid groups (broad SMARTS) is 1. The largest absolute Gasteiger partial charge is 0.478 e. The molecule has 1 aliphatic carbocycles. The summed E-state index contributed by atoms with van der Waals surface area (Å²) >= 11 is 0. The first-order chi connectivity index (χ1) is 21.7. The number of nitrogens with one attached hydrogen (secondary N) is 1. The number of hydrogen-bond acceptors (Lipinski definition) is 6. The van der Waals surface area contributed by atoms with Crippen LogP contribution < -0.4 is 9.64 Å². The number of carbonyl (C=O) groups is 3. The Bertz CT molecular complexity index is 1500. The highest BCUT2D eigenvalue weighted by Crippen LogP contribution is 2.34. The van der Waals surface area contributed by atoms with E-state index in [0.29, 0.717) is 38.0 Å². The van der Waals surface area contributed by atoms with Gasteiger partial charge in [-0.2, -0.15) is 5.10 Å². The lowest BCUT2D eigenvalue weighted by Crippen LogP contribution is -2.56. The summed E-state index contributed by atoms with van der Waals surface area (Å²) in [4.78, 5) is 45.8. The molecule has 0 spiro atoms. The Balaban J connectivity index is 1.08. The molecule has 2 aromatic carbocycles. The molecule has 45 heavy (non-hydrogen) atoms. The molecular weight excluding hydrogens is 572 g/mol.